The number of hydrogen-bond donors (Lipinski definition) is 1. The number of aromatic nitrogens is 1. The van der Waals surface area contributed by atoms with Gasteiger partial charge in [0.05, 0.1) is 0 Å². The van der Waals surface area contributed by atoms with E-state index < -0.39 is 0 Å². The summed E-state index contributed by atoms with van der Waals surface area (Å²) < 4.78 is 5.68. The van der Waals surface area contributed by atoms with Gasteiger partial charge in [-0.25, -0.2) is 4.98 Å². The van der Waals surface area contributed by atoms with Crippen molar-refractivity contribution in [1.82, 2.24) is 4.98 Å². The number of benzene rings is 1. The quantitative estimate of drug-likeness (QED) is 0.837. The summed E-state index contributed by atoms with van der Waals surface area (Å²) in [5.41, 5.74) is 10.3. The Labute approximate surface area is 94.7 Å². The molecule has 1 aromatic carbocycles. The lowest BCUT2D eigenvalue weighted by molar-refractivity contribution is 0.530. The molecule has 3 rings (SSSR count). The average Bonchev–Trinajstić information content (AvgIpc) is 2.67. The molecular weight excluding hydrogens is 200 g/mol. The van der Waals surface area contributed by atoms with Crippen LogP contribution in [0.1, 0.15) is 29.9 Å². The van der Waals surface area contributed by atoms with Crippen LogP contribution in [0.2, 0.25) is 0 Å². The van der Waals surface area contributed by atoms with E-state index in [1.54, 1.807) is 0 Å². The van der Waals surface area contributed by atoms with E-state index in [1.807, 2.05) is 0 Å². The van der Waals surface area contributed by atoms with Crippen LogP contribution < -0.4 is 5.73 Å². The second kappa shape index (κ2) is 3.91. The first-order valence-electron chi connectivity index (χ1n) is 5.98. The fraction of sp³-hybridized carbons (Fsp3) is 0.462. The Bertz CT molecular complexity index is 473. The lowest BCUT2D eigenvalue weighted by Crippen LogP contribution is -2.02. The van der Waals surface area contributed by atoms with Crippen LogP contribution in [0.15, 0.2) is 16.5 Å². The minimum atomic E-state index is 0.590. The molecule has 0 saturated carbocycles. The Hall–Kier alpha value is -1.35. The summed E-state index contributed by atoms with van der Waals surface area (Å²) in [6.07, 6.45) is 5.68. The molecule has 2 aromatic rings. The monoisotopic (exact) mass is 216 g/mol. The summed E-state index contributed by atoms with van der Waals surface area (Å²) in [6.45, 7) is 0.590. The molecule has 0 fully saturated rings. The van der Waals surface area contributed by atoms with Crippen LogP contribution in [0.3, 0.4) is 0 Å². The first-order valence-corrected chi connectivity index (χ1v) is 5.98. The van der Waals surface area contributed by atoms with E-state index in [0.717, 1.165) is 23.4 Å². The van der Waals surface area contributed by atoms with Gasteiger partial charge in [0.15, 0.2) is 11.5 Å². The number of hydrogen-bond acceptors (Lipinski definition) is 3. The highest BCUT2D eigenvalue weighted by Gasteiger charge is 2.13. The van der Waals surface area contributed by atoms with Gasteiger partial charge in [-0.15, -0.1) is 0 Å². The van der Waals surface area contributed by atoms with Gasteiger partial charge < -0.3 is 10.2 Å². The zero-order valence-electron chi connectivity index (χ0n) is 9.33. The van der Waals surface area contributed by atoms with Crippen molar-refractivity contribution >= 4 is 11.1 Å². The van der Waals surface area contributed by atoms with Crippen LogP contribution in [0.4, 0.5) is 0 Å². The van der Waals surface area contributed by atoms with Crippen molar-refractivity contribution in [2.24, 2.45) is 5.73 Å². The van der Waals surface area contributed by atoms with Gasteiger partial charge in [-0.05, 0) is 48.9 Å². The Kier molecular flexibility index (Phi) is 2.40. The number of oxazole rings is 1. The van der Waals surface area contributed by atoms with E-state index in [-0.39, 0.29) is 0 Å². The van der Waals surface area contributed by atoms with Gasteiger partial charge in [0, 0.05) is 13.0 Å². The van der Waals surface area contributed by atoms with Crippen LogP contribution in [-0.2, 0) is 19.3 Å². The summed E-state index contributed by atoms with van der Waals surface area (Å²) in [5.74, 6) is 0.764. The van der Waals surface area contributed by atoms with Crippen LogP contribution >= 0.6 is 0 Å². The Morgan fingerprint density at radius 3 is 2.69 bits per heavy atom. The molecule has 3 nitrogen and oxygen atoms in total. The SMILES string of the molecule is NCCc1nc2cc3c(cc2o1)CCCC3. The maximum Gasteiger partial charge on any atom is 0.196 e. The van der Waals surface area contributed by atoms with Crippen LogP contribution in [0, 0.1) is 0 Å². The number of aryl methyl sites for hydroxylation is 2. The number of rotatable bonds is 2. The normalized spacial score (nSPS) is 15.3. The third-order valence-corrected chi connectivity index (χ3v) is 3.25. The molecule has 1 aliphatic carbocycles. The second-order valence-corrected chi connectivity index (χ2v) is 4.44. The third kappa shape index (κ3) is 1.61. The van der Waals surface area contributed by atoms with Crippen molar-refractivity contribution in [3.8, 4) is 0 Å². The molecule has 2 N–H and O–H groups in total. The molecule has 1 aliphatic rings. The van der Waals surface area contributed by atoms with E-state index in [0.29, 0.717) is 6.54 Å². The molecule has 0 atom stereocenters. The second-order valence-electron chi connectivity index (χ2n) is 4.44. The summed E-state index contributed by atoms with van der Waals surface area (Å²) >= 11 is 0. The summed E-state index contributed by atoms with van der Waals surface area (Å²) in [4.78, 5) is 4.46. The van der Waals surface area contributed by atoms with Gasteiger partial charge >= 0.3 is 0 Å². The predicted molar refractivity (Wildman–Crippen MR) is 63.4 cm³/mol. The highest BCUT2D eigenvalue weighted by molar-refractivity contribution is 5.75. The molecular formula is C13H16N2O. The molecule has 0 saturated heterocycles. The lowest BCUT2D eigenvalue weighted by Gasteiger charge is -2.14. The zero-order valence-corrected chi connectivity index (χ0v) is 9.33. The van der Waals surface area contributed by atoms with Crippen molar-refractivity contribution < 1.29 is 4.42 Å². The molecule has 0 spiro atoms. The molecule has 1 heterocycles. The van der Waals surface area contributed by atoms with Crippen molar-refractivity contribution in [3.63, 3.8) is 0 Å². The number of nitrogens with two attached hydrogens (primary N) is 1. The minimum Gasteiger partial charge on any atom is -0.441 e. The van der Waals surface area contributed by atoms with Gasteiger partial charge in [-0.3, -0.25) is 0 Å². The third-order valence-electron chi connectivity index (χ3n) is 3.25. The molecule has 16 heavy (non-hydrogen) atoms. The van der Waals surface area contributed by atoms with E-state index >= 15 is 0 Å². The maximum atomic E-state index is 5.68. The van der Waals surface area contributed by atoms with Gasteiger partial charge in [0.2, 0.25) is 0 Å². The fourth-order valence-electron chi connectivity index (χ4n) is 2.43. The van der Waals surface area contributed by atoms with Gasteiger partial charge in [-0.1, -0.05) is 0 Å². The van der Waals surface area contributed by atoms with Crippen molar-refractivity contribution in [2.45, 2.75) is 32.1 Å². The molecule has 0 radical (unpaired) electrons. The van der Waals surface area contributed by atoms with Crippen molar-refractivity contribution in [2.75, 3.05) is 6.54 Å². The Morgan fingerprint density at radius 1 is 1.19 bits per heavy atom. The molecule has 0 unspecified atom stereocenters. The highest BCUT2D eigenvalue weighted by atomic mass is 16.3. The maximum absolute atomic E-state index is 5.68. The molecule has 0 aliphatic heterocycles. The van der Waals surface area contributed by atoms with Crippen LogP contribution in [0.25, 0.3) is 11.1 Å². The Balaban J connectivity index is 2.09. The molecule has 0 amide bonds. The first kappa shape index (κ1) is 9.85. The largest absolute Gasteiger partial charge is 0.441 e. The molecule has 84 valence electrons. The molecule has 1 aromatic heterocycles. The Morgan fingerprint density at radius 2 is 1.94 bits per heavy atom. The summed E-state index contributed by atoms with van der Waals surface area (Å²) in [7, 11) is 0. The van der Waals surface area contributed by atoms with Crippen LogP contribution in [0.5, 0.6) is 0 Å². The van der Waals surface area contributed by atoms with Gasteiger partial charge in [-0.2, -0.15) is 0 Å². The van der Waals surface area contributed by atoms with Gasteiger partial charge in [0.1, 0.15) is 5.52 Å². The number of fused-ring (bicyclic) bond motifs is 2. The lowest BCUT2D eigenvalue weighted by atomic mass is 9.91. The predicted octanol–water partition coefficient (Wildman–Crippen LogP) is 2.21. The highest BCUT2D eigenvalue weighted by Crippen LogP contribution is 2.26. The standard InChI is InChI=1S/C13H16N2O/c14-6-5-13-15-11-7-9-3-1-2-4-10(9)8-12(11)16-13/h7-8H,1-6,14H2. The van der Waals surface area contributed by atoms with E-state index in [2.05, 4.69) is 17.1 Å². The molecule has 0 bridgehead atoms. The van der Waals surface area contributed by atoms with E-state index in [9.17, 15) is 0 Å². The van der Waals surface area contributed by atoms with Crippen molar-refractivity contribution in [3.05, 3.63) is 29.2 Å². The summed E-state index contributed by atoms with van der Waals surface area (Å²) in [5, 5.41) is 0. The summed E-state index contributed by atoms with van der Waals surface area (Å²) in [6, 6.07) is 4.35. The smallest absolute Gasteiger partial charge is 0.196 e. The fourth-order valence-corrected chi connectivity index (χ4v) is 2.43. The average molecular weight is 216 g/mol. The topological polar surface area (TPSA) is 52.0 Å². The first-order chi connectivity index (χ1) is 7.86. The number of nitrogens with zero attached hydrogens (tertiary/aromatic N) is 1. The van der Waals surface area contributed by atoms with Gasteiger partial charge in [0.25, 0.3) is 0 Å². The van der Waals surface area contributed by atoms with E-state index in [4.69, 9.17) is 10.2 Å². The van der Waals surface area contributed by atoms with E-state index in [1.165, 1.54) is 36.8 Å². The van der Waals surface area contributed by atoms with Crippen molar-refractivity contribution in [1.29, 1.82) is 0 Å². The zero-order chi connectivity index (χ0) is 11.0. The van der Waals surface area contributed by atoms with Crippen LogP contribution in [-0.4, -0.2) is 11.5 Å². The minimum absolute atomic E-state index is 0.590. The molecule has 3 heteroatoms.